The van der Waals surface area contributed by atoms with Crippen molar-refractivity contribution in [3.8, 4) is 0 Å². The Bertz CT molecular complexity index is 316. The average Bonchev–Trinajstić information content (AvgIpc) is 2.71. The van der Waals surface area contributed by atoms with E-state index in [-0.39, 0.29) is 11.6 Å². The maximum absolute atomic E-state index is 5.63. The van der Waals surface area contributed by atoms with Gasteiger partial charge >= 0.3 is 0 Å². The van der Waals surface area contributed by atoms with Gasteiger partial charge in [-0.3, -0.25) is 0 Å². The van der Waals surface area contributed by atoms with Gasteiger partial charge in [0.15, 0.2) is 0 Å². The van der Waals surface area contributed by atoms with Crippen molar-refractivity contribution in [2.24, 2.45) is 5.73 Å². The molecule has 0 bridgehead atoms. The Morgan fingerprint density at radius 3 is 2.86 bits per heavy atom. The lowest BCUT2D eigenvalue weighted by Crippen LogP contribution is -2.21. The number of aromatic nitrogens is 2. The third-order valence-electron chi connectivity index (χ3n) is 2.52. The van der Waals surface area contributed by atoms with Crippen molar-refractivity contribution in [3.05, 3.63) is 11.7 Å². The Labute approximate surface area is 82.6 Å². The topological polar surface area (TPSA) is 74.2 Å². The second kappa shape index (κ2) is 3.33. The maximum Gasteiger partial charge on any atom is 0.243 e. The smallest absolute Gasteiger partial charge is 0.243 e. The van der Waals surface area contributed by atoms with Crippen molar-refractivity contribution in [1.29, 1.82) is 0 Å². The molecule has 14 heavy (non-hydrogen) atoms. The van der Waals surface area contributed by atoms with E-state index in [0.29, 0.717) is 11.7 Å². The van der Waals surface area contributed by atoms with Crippen LogP contribution in [0.1, 0.15) is 44.4 Å². The van der Waals surface area contributed by atoms with Crippen LogP contribution >= 0.6 is 0 Å². The molecule has 2 atom stereocenters. The summed E-state index contributed by atoms with van der Waals surface area (Å²) in [6.45, 7) is 4.56. The van der Waals surface area contributed by atoms with Crippen LogP contribution < -0.4 is 5.73 Å². The van der Waals surface area contributed by atoms with Crippen LogP contribution in [0.5, 0.6) is 0 Å². The lowest BCUT2D eigenvalue weighted by Gasteiger charge is -2.17. The summed E-state index contributed by atoms with van der Waals surface area (Å²) in [4.78, 5) is 4.24. The first-order valence-electron chi connectivity index (χ1n) is 4.85. The summed E-state index contributed by atoms with van der Waals surface area (Å²) >= 11 is 0. The molecular weight excluding hydrogens is 182 g/mol. The van der Waals surface area contributed by atoms with Crippen LogP contribution in [0.2, 0.25) is 0 Å². The fraction of sp³-hybridized carbons (Fsp3) is 0.778. The Morgan fingerprint density at radius 2 is 2.36 bits per heavy atom. The molecule has 5 heteroatoms. The molecule has 1 aliphatic rings. The predicted octanol–water partition coefficient (Wildman–Crippen LogP) is 1.11. The Balaban J connectivity index is 2.23. The molecule has 78 valence electrons. The quantitative estimate of drug-likeness (QED) is 0.768. The van der Waals surface area contributed by atoms with E-state index in [1.165, 1.54) is 0 Å². The van der Waals surface area contributed by atoms with Gasteiger partial charge in [0.2, 0.25) is 11.7 Å². The van der Waals surface area contributed by atoms with Crippen molar-refractivity contribution in [2.75, 3.05) is 6.61 Å². The summed E-state index contributed by atoms with van der Waals surface area (Å²) in [5, 5.41) is 3.90. The van der Waals surface area contributed by atoms with Gasteiger partial charge in [0, 0.05) is 6.61 Å². The monoisotopic (exact) mass is 197 g/mol. The van der Waals surface area contributed by atoms with E-state index in [1.807, 2.05) is 13.8 Å². The number of nitrogens with two attached hydrogens (primary N) is 1. The number of ether oxygens (including phenoxy) is 1. The highest BCUT2D eigenvalue weighted by Crippen LogP contribution is 2.33. The first kappa shape index (κ1) is 9.61. The molecule has 5 nitrogen and oxygen atoms in total. The zero-order chi connectivity index (χ0) is 10.2. The third kappa shape index (κ3) is 1.53. The van der Waals surface area contributed by atoms with Gasteiger partial charge in [-0.25, -0.2) is 0 Å². The molecule has 0 aliphatic carbocycles. The molecule has 0 amide bonds. The van der Waals surface area contributed by atoms with Gasteiger partial charge in [-0.05, 0) is 26.7 Å². The highest BCUT2D eigenvalue weighted by atomic mass is 16.5. The summed E-state index contributed by atoms with van der Waals surface area (Å²) in [6, 6.07) is -0.221. The molecule has 1 fully saturated rings. The average molecular weight is 197 g/mol. The Morgan fingerprint density at radius 1 is 1.57 bits per heavy atom. The molecular formula is C9H15N3O2. The number of rotatable bonds is 2. The predicted molar refractivity (Wildman–Crippen MR) is 49.4 cm³/mol. The van der Waals surface area contributed by atoms with Crippen LogP contribution in [0.3, 0.4) is 0 Å². The zero-order valence-electron chi connectivity index (χ0n) is 8.49. The molecule has 2 unspecified atom stereocenters. The molecule has 2 rings (SSSR count). The second-order valence-electron chi connectivity index (χ2n) is 3.93. The van der Waals surface area contributed by atoms with Gasteiger partial charge in [-0.2, -0.15) is 4.98 Å². The number of hydrogen-bond acceptors (Lipinski definition) is 5. The largest absolute Gasteiger partial charge is 0.367 e. The SMILES string of the molecule is CC(N)c1nc(C2(C)CCCO2)no1. The lowest BCUT2D eigenvalue weighted by molar-refractivity contribution is 0.00768. The first-order valence-corrected chi connectivity index (χ1v) is 4.85. The van der Waals surface area contributed by atoms with E-state index in [4.69, 9.17) is 15.0 Å². The van der Waals surface area contributed by atoms with E-state index >= 15 is 0 Å². The van der Waals surface area contributed by atoms with Gasteiger partial charge in [-0.1, -0.05) is 5.16 Å². The molecule has 1 aromatic rings. The number of nitrogens with zero attached hydrogens (tertiary/aromatic N) is 2. The molecule has 0 spiro atoms. The summed E-state index contributed by atoms with van der Waals surface area (Å²) in [5.74, 6) is 1.08. The maximum atomic E-state index is 5.63. The van der Waals surface area contributed by atoms with Crippen LogP contribution in [-0.4, -0.2) is 16.7 Å². The van der Waals surface area contributed by atoms with E-state index in [1.54, 1.807) is 0 Å². The Hall–Kier alpha value is -0.940. The van der Waals surface area contributed by atoms with E-state index in [2.05, 4.69) is 10.1 Å². The summed E-state index contributed by atoms with van der Waals surface area (Å²) < 4.78 is 10.6. The van der Waals surface area contributed by atoms with Gasteiger partial charge in [0.1, 0.15) is 5.60 Å². The normalized spacial score (nSPS) is 29.4. The minimum atomic E-state index is -0.378. The lowest BCUT2D eigenvalue weighted by atomic mass is 10.0. The van der Waals surface area contributed by atoms with Crippen LogP contribution in [0.25, 0.3) is 0 Å². The summed E-state index contributed by atoms with van der Waals surface area (Å²) in [5.41, 5.74) is 5.25. The van der Waals surface area contributed by atoms with Crippen molar-refractivity contribution in [1.82, 2.24) is 10.1 Å². The first-order chi connectivity index (χ1) is 6.62. The molecule has 0 saturated carbocycles. The Kier molecular flexibility index (Phi) is 2.28. The summed E-state index contributed by atoms with van der Waals surface area (Å²) in [6.07, 6.45) is 1.98. The van der Waals surface area contributed by atoms with Gasteiger partial charge in [0.05, 0.1) is 6.04 Å². The highest BCUT2D eigenvalue weighted by molar-refractivity contribution is 5.02. The molecule has 0 aromatic carbocycles. The third-order valence-corrected chi connectivity index (χ3v) is 2.52. The van der Waals surface area contributed by atoms with Crippen molar-refractivity contribution in [3.63, 3.8) is 0 Å². The molecule has 0 radical (unpaired) electrons. The highest BCUT2D eigenvalue weighted by Gasteiger charge is 2.36. The summed E-state index contributed by atoms with van der Waals surface area (Å²) in [7, 11) is 0. The zero-order valence-corrected chi connectivity index (χ0v) is 8.49. The molecule has 2 N–H and O–H groups in total. The minimum absolute atomic E-state index is 0.221. The standard InChI is InChI=1S/C9H15N3O2/c1-6(10)7-11-8(12-14-7)9(2)4-3-5-13-9/h6H,3-5,10H2,1-2H3. The molecule has 1 aromatic heterocycles. The van der Waals surface area contributed by atoms with E-state index < -0.39 is 0 Å². The van der Waals surface area contributed by atoms with Crippen LogP contribution in [0.4, 0.5) is 0 Å². The van der Waals surface area contributed by atoms with Crippen molar-refractivity contribution < 1.29 is 9.26 Å². The van der Waals surface area contributed by atoms with Crippen molar-refractivity contribution in [2.45, 2.75) is 38.3 Å². The van der Waals surface area contributed by atoms with Crippen LogP contribution in [-0.2, 0) is 10.3 Å². The fourth-order valence-corrected chi connectivity index (χ4v) is 1.59. The van der Waals surface area contributed by atoms with Crippen LogP contribution in [0.15, 0.2) is 4.52 Å². The van der Waals surface area contributed by atoms with Gasteiger partial charge in [0.25, 0.3) is 0 Å². The molecule has 1 saturated heterocycles. The van der Waals surface area contributed by atoms with Crippen molar-refractivity contribution >= 4 is 0 Å². The molecule has 2 heterocycles. The minimum Gasteiger partial charge on any atom is -0.367 e. The molecule has 1 aliphatic heterocycles. The van der Waals surface area contributed by atoms with E-state index in [0.717, 1.165) is 19.4 Å². The second-order valence-corrected chi connectivity index (χ2v) is 3.93. The van der Waals surface area contributed by atoms with E-state index in [9.17, 15) is 0 Å². The van der Waals surface area contributed by atoms with Gasteiger partial charge < -0.3 is 15.0 Å². The van der Waals surface area contributed by atoms with Gasteiger partial charge in [-0.15, -0.1) is 0 Å². The number of hydrogen-bond donors (Lipinski definition) is 1. The fourth-order valence-electron chi connectivity index (χ4n) is 1.59. The van der Waals surface area contributed by atoms with Crippen LogP contribution in [0, 0.1) is 0 Å².